The molecule has 0 spiro atoms. The molecular formula is C21H22BrN3O2. The minimum absolute atomic E-state index is 0.137. The van der Waals surface area contributed by atoms with Crippen molar-refractivity contribution >= 4 is 27.5 Å². The first kappa shape index (κ1) is 19.2. The zero-order chi connectivity index (χ0) is 19.2. The van der Waals surface area contributed by atoms with Crippen LogP contribution in [0.1, 0.15) is 24.0 Å². The Morgan fingerprint density at radius 2 is 2.04 bits per heavy atom. The molecule has 140 valence electrons. The van der Waals surface area contributed by atoms with E-state index in [0.29, 0.717) is 18.0 Å². The molecule has 0 aromatic heterocycles. The van der Waals surface area contributed by atoms with Crippen LogP contribution in [0.25, 0.3) is 0 Å². The minimum atomic E-state index is 0.137. The summed E-state index contributed by atoms with van der Waals surface area (Å²) in [7, 11) is 1.63. The maximum Gasteiger partial charge on any atom is 0.227 e. The number of nitriles is 1. The zero-order valence-corrected chi connectivity index (χ0v) is 16.8. The fraction of sp³-hybridized carbons (Fsp3) is 0.333. The van der Waals surface area contributed by atoms with Crippen molar-refractivity contribution in [2.24, 2.45) is 0 Å². The number of rotatable bonds is 5. The van der Waals surface area contributed by atoms with Crippen LogP contribution < -0.4 is 10.1 Å². The molecule has 27 heavy (non-hydrogen) atoms. The second-order valence-electron chi connectivity index (χ2n) is 6.59. The van der Waals surface area contributed by atoms with Crippen molar-refractivity contribution in [3.63, 3.8) is 0 Å². The third-order valence-corrected chi connectivity index (χ3v) is 5.50. The summed E-state index contributed by atoms with van der Waals surface area (Å²) in [5.41, 5.74) is 2.53. The molecule has 0 radical (unpaired) electrons. The van der Waals surface area contributed by atoms with Crippen molar-refractivity contribution in [3.05, 3.63) is 58.1 Å². The largest absolute Gasteiger partial charge is 0.496 e. The van der Waals surface area contributed by atoms with Crippen LogP contribution in [-0.4, -0.2) is 37.0 Å². The molecule has 0 unspecified atom stereocenters. The minimum Gasteiger partial charge on any atom is -0.496 e. The molecule has 6 heteroatoms. The van der Waals surface area contributed by atoms with Gasteiger partial charge >= 0.3 is 0 Å². The fourth-order valence-corrected chi connectivity index (χ4v) is 3.81. The van der Waals surface area contributed by atoms with Crippen molar-refractivity contribution in [1.82, 2.24) is 4.90 Å². The van der Waals surface area contributed by atoms with E-state index < -0.39 is 0 Å². The van der Waals surface area contributed by atoms with E-state index in [-0.39, 0.29) is 5.91 Å². The molecule has 0 saturated carbocycles. The van der Waals surface area contributed by atoms with Crippen LogP contribution in [0.5, 0.6) is 5.75 Å². The molecular weight excluding hydrogens is 406 g/mol. The van der Waals surface area contributed by atoms with Gasteiger partial charge in [0.25, 0.3) is 0 Å². The van der Waals surface area contributed by atoms with E-state index >= 15 is 0 Å². The number of carbonyl (C=O) groups is 1. The Morgan fingerprint density at radius 3 is 2.70 bits per heavy atom. The highest BCUT2D eigenvalue weighted by Crippen LogP contribution is 2.26. The first-order valence-corrected chi connectivity index (χ1v) is 9.76. The van der Waals surface area contributed by atoms with E-state index in [0.717, 1.165) is 47.4 Å². The van der Waals surface area contributed by atoms with Gasteiger partial charge in [0.2, 0.25) is 5.91 Å². The monoisotopic (exact) mass is 427 g/mol. The lowest BCUT2D eigenvalue weighted by Gasteiger charge is -2.33. The molecule has 1 aliphatic rings. The van der Waals surface area contributed by atoms with Crippen LogP contribution in [0.4, 0.5) is 5.69 Å². The summed E-state index contributed by atoms with van der Waals surface area (Å²) >= 11 is 3.51. The zero-order valence-electron chi connectivity index (χ0n) is 15.2. The third-order valence-electron chi connectivity index (χ3n) is 4.84. The number of hydrogen-bond donors (Lipinski definition) is 1. The maximum atomic E-state index is 12.6. The van der Waals surface area contributed by atoms with Crippen molar-refractivity contribution in [2.45, 2.75) is 25.3 Å². The van der Waals surface area contributed by atoms with Gasteiger partial charge in [-0.1, -0.05) is 18.2 Å². The summed E-state index contributed by atoms with van der Waals surface area (Å²) in [6.07, 6.45) is 2.15. The Hall–Kier alpha value is -2.52. The molecule has 3 rings (SSSR count). The molecule has 1 aliphatic heterocycles. The van der Waals surface area contributed by atoms with Crippen LogP contribution >= 0.6 is 15.9 Å². The smallest absolute Gasteiger partial charge is 0.227 e. The van der Waals surface area contributed by atoms with Crippen molar-refractivity contribution in [1.29, 1.82) is 5.26 Å². The number of para-hydroxylation sites is 1. The molecule has 1 N–H and O–H groups in total. The maximum absolute atomic E-state index is 12.6. The molecule has 1 fully saturated rings. The third kappa shape index (κ3) is 4.81. The van der Waals surface area contributed by atoms with Gasteiger partial charge in [-0.2, -0.15) is 5.26 Å². The number of nitrogens with one attached hydrogen (secondary N) is 1. The van der Waals surface area contributed by atoms with Gasteiger partial charge < -0.3 is 15.0 Å². The molecule has 1 saturated heterocycles. The number of hydrogen-bond acceptors (Lipinski definition) is 4. The van der Waals surface area contributed by atoms with E-state index in [4.69, 9.17) is 10.00 Å². The Morgan fingerprint density at radius 1 is 1.30 bits per heavy atom. The number of ether oxygens (including phenoxy) is 1. The number of nitrogens with zero attached hydrogens (tertiary/aromatic N) is 2. The SMILES string of the molecule is COc1ccccc1CC(=O)N1CCC(Nc2ccc(C#N)cc2Br)CC1. The average Bonchev–Trinajstić information content (AvgIpc) is 2.70. The Labute approximate surface area is 168 Å². The van der Waals surface area contributed by atoms with E-state index in [1.54, 1.807) is 13.2 Å². The number of anilines is 1. The summed E-state index contributed by atoms with van der Waals surface area (Å²) in [6.45, 7) is 1.47. The second kappa shape index (κ2) is 8.92. The standard InChI is InChI=1S/C21H22BrN3O2/c1-27-20-5-3-2-4-16(20)13-21(26)25-10-8-17(9-11-25)24-19-7-6-15(14-23)12-18(19)22/h2-7,12,17,24H,8-11,13H2,1H3. The predicted molar refractivity (Wildman–Crippen MR) is 109 cm³/mol. The van der Waals surface area contributed by atoms with Crippen LogP contribution in [0.2, 0.25) is 0 Å². The highest BCUT2D eigenvalue weighted by Gasteiger charge is 2.23. The number of methoxy groups -OCH3 is 1. The molecule has 2 aromatic rings. The molecule has 1 heterocycles. The Kier molecular flexibility index (Phi) is 6.36. The second-order valence-corrected chi connectivity index (χ2v) is 7.45. The number of carbonyl (C=O) groups excluding carboxylic acids is 1. The first-order chi connectivity index (χ1) is 13.1. The molecule has 0 atom stereocenters. The van der Waals surface area contributed by atoms with Gasteiger partial charge in [0.1, 0.15) is 5.75 Å². The van der Waals surface area contributed by atoms with Crippen molar-refractivity contribution in [2.75, 3.05) is 25.5 Å². The van der Waals surface area contributed by atoms with Crippen LogP contribution in [-0.2, 0) is 11.2 Å². The number of likely N-dealkylation sites (tertiary alicyclic amines) is 1. The molecule has 0 aliphatic carbocycles. The van der Waals surface area contributed by atoms with Crippen molar-refractivity contribution < 1.29 is 9.53 Å². The molecule has 2 aromatic carbocycles. The predicted octanol–water partition coefficient (Wildman–Crippen LogP) is 3.97. The van der Waals surface area contributed by atoms with E-state index in [2.05, 4.69) is 27.3 Å². The van der Waals surface area contributed by atoms with Gasteiger partial charge in [-0.3, -0.25) is 4.79 Å². The fourth-order valence-electron chi connectivity index (χ4n) is 3.32. The number of piperidine rings is 1. The number of benzene rings is 2. The van der Waals surface area contributed by atoms with Crippen molar-refractivity contribution in [3.8, 4) is 11.8 Å². The van der Waals surface area contributed by atoms with Gasteiger partial charge in [0.05, 0.1) is 25.2 Å². The molecule has 0 bridgehead atoms. The molecule has 1 amide bonds. The summed E-state index contributed by atoms with van der Waals surface area (Å²) in [4.78, 5) is 14.6. The van der Waals surface area contributed by atoms with E-state index in [1.165, 1.54) is 0 Å². The lowest BCUT2D eigenvalue weighted by molar-refractivity contribution is -0.131. The summed E-state index contributed by atoms with van der Waals surface area (Å²) < 4.78 is 6.22. The van der Waals surface area contributed by atoms with Crippen LogP contribution in [0.3, 0.4) is 0 Å². The number of amides is 1. The Bertz CT molecular complexity index is 855. The number of halogens is 1. The van der Waals surface area contributed by atoms with Gasteiger partial charge in [0.15, 0.2) is 0 Å². The lowest BCUT2D eigenvalue weighted by Crippen LogP contribution is -2.43. The van der Waals surface area contributed by atoms with E-state index in [9.17, 15) is 4.79 Å². The summed E-state index contributed by atoms with van der Waals surface area (Å²) in [5.74, 6) is 0.894. The molecule has 5 nitrogen and oxygen atoms in total. The van der Waals surface area contributed by atoms with Crippen LogP contribution in [0, 0.1) is 11.3 Å². The van der Waals surface area contributed by atoms with Gasteiger partial charge in [0, 0.05) is 34.9 Å². The van der Waals surface area contributed by atoms with Crippen LogP contribution in [0.15, 0.2) is 46.9 Å². The van der Waals surface area contributed by atoms with Gasteiger partial charge in [-0.15, -0.1) is 0 Å². The topological polar surface area (TPSA) is 65.4 Å². The summed E-state index contributed by atoms with van der Waals surface area (Å²) in [5, 5.41) is 12.5. The lowest BCUT2D eigenvalue weighted by atomic mass is 10.0. The quantitative estimate of drug-likeness (QED) is 0.783. The average molecular weight is 428 g/mol. The first-order valence-electron chi connectivity index (χ1n) is 8.96. The van der Waals surface area contributed by atoms with Gasteiger partial charge in [-0.25, -0.2) is 0 Å². The highest BCUT2D eigenvalue weighted by atomic mass is 79.9. The van der Waals surface area contributed by atoms with E-state index in [1.807, 2.05) is 41.3 Å². The summed E-state index contributed by atoms with van der Waals surface area (Å²) in [6, 6.07) is 15.6. The van der Waals surface area contributed by atoms with Gasteiger partial charge in [-0.05, 0) is 53.0 Å². The highest BCUT2D eigenvalue weighted by molar-refractivity contribution is 9.10. The normalized spacial score (nSPS) is 14.5. The Balaban J connectivity index is 1.54.